The smallest absolute Gasteiger partial charge is 0.229 e. The van der Waals surface area contributed by atoms with Gasteiger partial charge in [-0.15, -0.1) is 0 Å². The highest BCUT2D eigenvalue weighted by Gasteiger charge is 2.35. The number of nitrogens with zero attached hydrogens (tertiary/aromatic N) is 1. The maximum Gasteiger partial charge on any atom is 0.229 e. The van der Waals surface area contributed by atoms with Gasteiger partial charge < -0.3 is 15.3 Å². The second-order valence-corrected chi connectivity index (χ2v) is 8.86. The Labute approximate surface area is 196 Å². The number of rotatable bonds is 7. The van der Waals surface area contributed by atoms with E-state index in [1.54, 1.807) is 4.90 Å². The lowest BCUT2D eigenvalue weighted by Gasteiger charge is -2.18. The number of aliphatic hydroxyl groups excluding tert-OH is 1. The summed E-state index contributed by atoms with van der Waals surface area (Å²) in [4.78, 5) is 26.9. The van der Waals surface area contributed by atoms with E-state index in [1.165, 1.54) is 0 Å². The van der Waals surface area contributed by atoms with E-state index in [4.69, 9.17) is 0 Å². The minimum atomic E-state index is -0.497. The summed E-state index contributed by atoms with van der Waals surface area (Å²) in [6.07, 6.45) is 1.07. The summed E-state index contributed by atoms with van der Waals surface area (Å²) in [5, 5.41) is 13.3. The molecule has 0 spiro atoms. The van der Waals surface area contributed by atoms with Crippen molar-refractivity contribution in [3.63, 3.8) is 0 Å². The number of benzene rings is 3. The first-order chi connectivity index (χ1) is 15.5. The van der Waals surface area contributed by atoms with Gasteiger partial charge in [0.1, 0.15) is 0 Å². The lowest BCUT2D eigenvalue weighted by atomic mass is 10.0. The molecule has 0 bridgehead atoms. The number of carbonyl (C=O) groups excluding carboxylic acids is 2. The van der Waals surface area contributed by atoms with Crippen LogP contribution < -0.4 is 10.2 Å². The Bertz CT molecular complexity index is 1090. The van der Waals surface area contributed by atoms with E-state index in [1.807, 2.05) is 78.9 Å². The first kappa shape index (κ1) is 22.2. The number of hydrogen-bond donors (Lipinski definition) is 2. The van der Waals surface area contributed by atoms with E-state index in [2.05, 4.69) is 21.2 Å². The Kier molecular flexibility index (Phi) is 7.02. The van der Waals surface area contributed by atoms with Crippen molar-refractivity contribution in [3.8, 4) is 0 Å². The first-order valence-electron chi connectivity index (χ1n) is 10.7. The largest absolute Gasteiger partial charge is 0.388 e. The van der Waals surface area contributed by atoms with Crippen molar-refractivity contribution in [1.82, 2.24) is 0 Å². The molecule has 0 aromatic heterocycles. The molecule has 1 heterocycles. The predicted molar refractivity (Wildman–Crippen MR) is 129 cm³/mol. The summed E-state index contributed by atoms with van der Waals surface area (Å²) in [6.45, 7) is 0.364. The van der Waals surface area contributed by atoms with Crippen LogP contribution in [0.1, 0.15) is 30.1 Å². The molecule has 2 N–H and O–H groups in total. The summed E-state index contributed by atoms with van der Waals surface area (Å²) in [5.41, 5.74) is 3.50. The van der Waals surface area contributed by atoms with Crippen LogP contribution in [0.3, 0.4) is 0 Å². The van der Waals surface area contributed by atoms with Crippen LogP contribution in [0, 0.1) is 5.92 Å². The lowest BCUT2D eigenvalue weighted by molar-refractivity contribution is -0.122. The van der Waals surface area contributed by atoms with Crippen molar-refractivity contribution < 1.29 is 14.7 Å². The Balaban J connectivity index is 1.31. The number of nitrogens with one attached hydrogen (secondary N) is 1. The normalized spacial score (nSPS) is 16.8. The molecule has 4 rings (SSSR count). The van der Waals surface area contributed by atoms with E-state index in [0.29, 0.717) is 18.7 Å². The molecule has 1 fully saturated rings. The molecule has 5 nitrogen and oxygen atoms in total. The Morgan fingerprint density at radius 1 is 1.03 bits per heavy atom. The van der Waals surface area contributed by atoms with Gasteiger partial charge in [0, 0.05) is 23.1 Å². The molecule has 2 atom stereocenters. The SMILES string of the molecule is O=C(Nc1ccc(CC[C@@H](O)c2ccccc2)cc1)[C@@H]1CC(=O)N(c2ccccc2Br)C1. The van der Waals surface area contributed by atoms with Crippen molar-refractivity contribution in [2.75, 3.05) is 16.8 Å². The highest BCUT2D eigenvalue weighted by atomic mass is 79.9. The lowest BCUT2D eigenvalue weighted by Crippen LogP contribution is -2.28. The average Bonchev–Trinajstić information content (AvgIpc) is 3.21. The molecular formula is C26H25BrN2O3. The van der Waals surface area contributed by atoms with Crippen molar-refractivity contribution in [3.05, 3.63) is 94.5 Å². The van der Waals surface area contributed by atoms with Gasteiger partial charge in [-0.1, -0.05) is 54.6 Å². The van der Waals surface area contributed by atoms with Crippen molar-refractivity contribution >= 4 is 39.1 Å². The van der Waals surface area contributed by atoms with Gasteiger partial charge in [0.15, 0.2) is 0 Å². The van der Waals surface area contributed by atoms with Crippen LogP contribution >= 0.6 is 15.9 Å². The standard InChI is InChI=1S/C26H25BrN2O3/c27-22-8-4-5-9-23(22)29-17-20(16-25(29)31)26(32)28-21-13-10-18(11-14-21)12-15-24(30)19-6-2-1-3-7-19/h1-11,13-14,20,24,30H,12,15-17H2,(H,28,32)/t20-,24-/m1/s1. The predicted octanol–water partition coefficient (Wildman–Crippen LogP) is 5.11. The zero-order chi connectivity index (χ0) is 22.5. The second-order valence-electron chi connectivity index (χ2n) is 8.01. The fraction of sp³-hybridized carbons (Fsp3) is 0.231. The van der Waals surface area contributed by atoms with Gasteiger partial charge in [-0.25, -0.2) is 0 Å². The van der Waals surface area contributed by atoms with Gasteiger partial charge in [0.2, 0.25) is 11.8 Å². The van der Waals surface area contributed by atoms with E-state index in [-0.39, 0.29) is 18.2 Å². The van der Waals surface area contributed by atoms with E-state index in [9.17, 15) is 14.7 Å². The number of amides is 2. The third-order valence-corrected chi connectivity index (χ3v) is 6.42. The molecule has 1 aliphatic rings. The molecule has 32 heavy (non-hydrogen) atoms. The Morgan fingerprint density at radius 2 is 1.72 bits per heavy atom. The summed E-state index contributed by atoms with van der Waals surface area (Å²) in [7, 11) is 0. The fourth-order valence-electron chi connectivity index (χ4n) is 3.93. The summed E-state index contributed by atoms with van der Waals surface area (Å²) in [5.74, 6) is -0.597. The number of aryl methyl sites for hydroxylation is 1. The monoisotopic (exact) mass is 492 g/mol. The number of aliphatic hydroxyl groups is 1. The zero-order valence-electron chi connectivity index (χ0n) is 17.6. The van der Waals surface area contributed by atoms with Gasteiger partial charge in [-0.2, -0.15) is 0 Å². The molecule has 3 aromatic rings. The molecular weight excluding hydrogens is 468 g/mol. The fourth-order valence-corrected chi connectivity index (χ4v) is 4.43. The second kappa shape index (κ2) is 10.1. The third kappa shape index (κ3) is 5.26. The van der Waals surface area contributed by atoms with Gasteiger partial charge >= 0.3 is 0 Å². The van der Waals surface area contributed by atoms with Crippen LogP contribution in [-0.4, -0.2) is 23.5 Å². The van der Waals surface area contributed by atoms with Gasteiger partial charge in [0.25, 0.3) is 0 Å². The highest BCUT2D eigenvalue weighted by Crippen LogP contribution is 2.31. The Hall–Kier alpha value is -2.96. The minimum absolute atomic E-state index is 0.0515. The maximum atomic E-state index is 12.7. The number of hydrogen-bond acceptors (Lipinski definition) is 3. The average molecular weight is 493 g/mol. The van der Waals surface area contributed by atoms with E-state index >= 15 is 0 Å². The summed E-state index contributed by atoms with van der Waals surface area (Å²) >= 11 is 3.48. The van der Waals surface area contributed by atoms with Crippen LogP contribution in [0.5, 0.6) is 0 Å². The van der Waals surface area contributed by atoms with Crippen LogP contribution in [-0.2, 0) is 16.0 Å². The number of para-hydroxylation sites is 1. The molecule has 0 unspecified atom stereocenters. The molecule has 2 amide bonds. The van der Waals surface area contributed by atoms with Gasteiger partial charge in [0.05, 0.1) is 17.7 Å². The van der Waals surface area contributed by atoms with Crippen LogP contribution in [0.15, 0.2) is 83.3 Å². The molecule has 0 saturated carbocycles. The minimum Gasteiger partial charge on any atom is -0.388 e. The van der Waals surface area contributed by atoms with Gasteiger partial charge in [-0.3, -0.25) is 9.59 Å². The van der Waals surface area contributed by atoms with Crippen molar-refractivity contribution in [1.29, 1.82) is 0 Å². The van der Waals surface area contributed by atoms with Crippen molar-refractivity contribution in [2.45, 2.75) is 25.4 Å². The van der Waals surface area contributed by atoms with Crippen LogP contribution in [0.2, 0.25) is 0 Å². The molecule has 0 aliphatic carbocycles. The highest BCUT2D eigenvalue weighted by molar-refractivity contribution is 9.10. The molecule has 1 saturated heterocycles. The van der Waals surface area contributed by atoms with Crippen molar-refractivity contribution in [2.24, 2.45) is 5.92 Å². The van der Waals surface area contributed by atoms with E-state index < -0.39 is 12.0 Å². The van der Waals surface area contributed by atoms with E-state index in [0.717, 1.165) is 27.7 Å². The molecule has 3 aromatic carbocycles. The molecule has 164 valence electrons. The quantitative estimate of drug-likeness (QED) is 0.481. The summed E-state index contributed by atoms with van der Waals surface area (Å²) < 4.78 is 0.836. The van der Waals surface area contributed by atoms with Crippen LogP contribution in [0.4, 0.5) is 11.4 Å². The molecule has 0 radical (unpaired) electrons. The molecule has 1 aliphatic heterocycles. The number of anilines is 2. The zero-order valence-corrected chi connectivity index (χ0v) is 19.2. The topological polar surface area (TPSA) is 69.6 Å². The maximum absolute atomic E-state index is 12.7. The number of halogens is 1. The third-order valence-electron chi connectivity index (χ3n) is 5.75. The van der Waals surface area contributed by atoms with Gasteiger partial charge in [-0.05, 0) is 64.2 Å². The van der Waals surface area contributed by atoms with Crippen LogP contribution in [0.25, 0.3) is 0 Å². The Morgan fingerprint density at radius 3 is 2.44 bits per heavy atom. The first-order valence-corrected chi connectivity index (χ1v) is 11.5. The summed E-state index contributed by atoms with van der Waals surface area (Å²) in [6, 6.07) is 24.8. The number of carbonyl (C=O) groups is 2. The molecule has 6 heteroatoms.